The molecule has 0 bridgehead atoms. The molecule has 0 aliphatic carbocycles. The van der Waals surface area contributed by atoms with Gasteiger partial charge in [0.2, 0.25) is 10.0 Å². The molecule has 2 rings (SSSR count). The molecule has 1 unspecified atom stereocenters. The second-order valence-corrected chi connectivity index (χ2v) is 9.32. The van der Waals surface area contributed by atoms with E-state index in [1.165, 1.54) is 0 Å². The molecule has 0 saturated heterocycles. The second-order valence-electron chi connectivity index (χ2n) is 7.67. The maximum atomic E-state index is 12.8. The molecule has 0 aliphatic heterocycles. The van der Waals surface area contributed by atoms with Crippen LogP contribution in [0.25, 0.3) is 0 Å². The van der Waals surface area contributed by atoms with E-state index < -0.39 is 15.6 Å². The van der Waals surface area contributed by atoms with E-state index in [0.29, 0.717) is 18.1 Å². The summed E-state index contributed by atoms with van der Waals surface area (Å²) in [6.07, 6.45) is 0. The first-order valence-corrected chi connectivity index (χ1v) is 10.7. The van der Waals surface area contributed by atoms with Gasteiger partial charge in [0.25, 0.3) is 0 Å². The van der Waals surface area contributed by atoms with Crippen LogP contribution in [0, 0.1) is 0 Å². The number of benzene rings is 2. The summed E-state index contributed by atoms with van der Waals surface area (Å²) in [5.74, 6) is 0.604. The van der Waals surface area contributed by atoms with Crippen molar-refractivity contribution >= 4 is 40.0 Å². The number of rotatable bonds is 6. The molecule has 6 nitrogen and oxygen atoms in total. The normalized spacial score (nSPS) is 13.3. The number of hydrogen-bond acceptors (Lipinski definition) is 3. The molecule has 0 amide bonds. The van der Waals surface area contributed by atoms with Crippen molar-refractivity contribution in [2.24, 2.45) is 4.99 Å². The first kappa shape index (κ1) is 25.4. The quantitative estimate of drug-likeness (QED) is 0.302. The van der Waals surface area contributed by atoms with Crippen LogP contribution in [0.4, 0.5) is 0 Å². The van der Waals surface area contributed by atoms with Crippen LogP contribution >= 0.6 is 24.0 Å². The van der Waals surface area contributed by atoms with Gasteiger partial charge >= 0.3 is 0 Å². The number of aliphatic imine (C=N–C) groups is 1. The average molecular weight is 530 g/mol. The van der Waals surface area contributed by atoms with E-state index in [1.54, 1.807) is 25.2 Å². The zero-order valence-electron chi connectivity index (χ0n) is 17.6. The summed E-state index contributed by atoms with van der Waals surface area (Å²) in [7, 11) is -1.93. The molecule has 2 aromatic rings. The smallest absolute Gasteiger partial charge is 0.241 e. The molecular formula is C21H31IN4O2S. The lowest BCUT2D eigenvalue weighted by Crippen LogP contribution is -2.41. The number of hydrogen-bond donors (Lipinski definition) is 3. The van der Waals surface area contributed by atoms with E-state index in [2.05, 4.69) is 20.3 Å². The Morgan fingerprint density at radius 3 is 2.21 bits per heavy atom. The SMILES string of the molecule is CN=C(NCc1ccccc1S(=O)(=O)NC(C)(C)C)NC(C)c1ccccc1.I. The molecule has 0 spiro atoms. The van der Waals surface area contributed by atoms with Crippen molar-refractivity contribution in [1.29, 1.82) is 0 Å². The Balaban J connectivity index is 0.00000420. The molecule has 0 saturated carbocycles. The second kappa shape index (κ2) is 10.9. The lowest BCUT2D eigenvalue weighted by Gasteiger charge is -2.22. The van der Waals surface area contributed by atoms with Crippen molar-refractivity contribution in [3.8, 4) is 0 Å². The molecule has 3 N–H and O–H groups in total. The van der Waals surface area contributed by atoms with E-state index in [1.807, 2.05) is 64.1 Å². The third kappa shape index (κ3) is 7.94. The van der Waals surface area contributed by atoms with E-state index in [-0.39, 0.29) is 34.9 Å². The van der Waals surface area contributed by atoms with Gasteiger partial charge in [0.1, 0.15) is 0 Å². The van der Waals surface area contributed by atoms with Gasteiger partial charge in [0, 0.05) is 19.1 Å². The number of guanidine groups is 1. The molecule has 0 aliphatic rings. The van der Waals surface area contributed by atoms with Crippen LogP contribution in [0.5, 0.6) is 0 Å². The third-order valence-corrected chi connectivity index (χ3v) is 5.88. The molecule has 8 heteroatoms. The fourth-order valence-electron chi connectivity index (χ4n) is 2.77. The monoisotopic (exact) mass is 530 g/mol. The van der Waals surface area contributed by atoms with Crippen LogP contribution in [0.1, 0.15) is 44.9 Å². The van der Waals surface area contributed by atoms with Crippen LogP contribution < -0.4 is 15.4 Å². The minimum Gasteiger partial charge on any atom is -0.352 e. The van der Waals surface area contributed by atoms with E-state index in [4.69, 9.17) is 0 Å². The lowest BCUT2D eigenvalue weighted by atomic mass is 10.1. The van der Waals surface area contributed by atoms with Crippen LogP contribution in [-0.4, -0.2) is 27.0 Å². The lowest BCUT2D eigenvalue weighted by molar-refractivity contribution is 0.491. The molecule has 0 heterocycles. The van der Waals surface area contributed by atoms with Gasteiger partial charge in [-0.15, -0.1) is 24.0 Å². The molecule has 0 aromatic heterocycles. The molecule has 2 aromatic carbocycles. The van der Waals surface area contributed by atoms with Crippen molar-refractivity contribution in [2.45, 2.75) is 50.7 Å². The molecule has 29 heavy (non-hydrogen) atoms. The Morgan fingerprint density at radius 2 is 1.62 bits per heavy atom. The Hall–Kier alpha value is -1.65. The van der Waals surface area contributed by atoms with Crippen molar-refractivity contribution < 1.29 is 8.42 Å². The number of nitrogens with one attached hydrogen (secondary N) is 3. The Kier molecular flexibility index (Phi) is 9.57. The summed E-state index contributed by atoms with van der Waals surface area (Å²) in [4.78, 5) is 4.52. The fraction of sp³-hybridized carbons (Fsp3) is 0.381. The number of nitrogens with zero attached hydrogens (tertiary/aromatic N) is 1. The van der Waals surface area contributed by atoms with Gasteiger partial charge in [0.15, 0.2) is 5.96 Å². The van der Waals surface area contributed by atoms with E-state index in [9.17, 15) is 8.42 Å². The zero-order valence-corrected chi connectivity index (χ0v) is 20.7. The van der Waals surface area contributed by atoms with Crippen molar-refractivity contribution in [3.05, 3.63) is 65.7 Å². The highest BCUT2D eigenvalue weighted by Crippen LogP contribution is 2.18. The Morgan fingerprint density at radius 1 is 1.03 bits per heavy atom. The van der Waals surface area contributed by atoms with Gasteiger partial charge in [-0.25, -0.2) is 13.1 Å². The van der Waals surface area contributed by atoms with E-state index in [0.717, 1.165) is 5.56 Å². The standard InChI is InChI=1S/C21H30N4O2S.HI/c1-16(17-11-7-6-8-12-17)24-20(22-5)23-15-18-13-9-10-14-19(18)28(26,27)25-21(2,3)4;/h6-14,16,25H,15H2,1-5H3,(H2,22,23,24);1H. The van der Waals surface area contributed by atoms with Crippen LogP contribution in [0.3, 0.4) is 0 Å². The van der Waals surface area contributed by atoms with Crippen molar-refractivity contribution in [3.63, 3.8) is 0 Å². The summed E-state index contributed by atoms with van der Waals surface area (Å²) >= 11 is 0. The Bertz CT molecular complexity index is 910. The number of sulfonamides is 1. The maximum absolute atomic E-state index is 12.8. The Labute approximate surface area is 191 Å². The topological polar surface area (TPSA) is 82.6 Å². The molecule has 0 radical (unpaired) electrons. The highest BCUT2D eigenvalue weighted by molar-refractivity contribution is 14.0. The third-order valence-electron chi connectivity index (χ3n) is 4.03. The van der Waals surface area contributed by atoms with Crippen molar-refractivity contribution in [2.75, 3.05) is 7.05 Å². The molecule has 160 valence electrons. The van der Waals surface area contributed by atoms with Crippen LogP contribution in [0.15, 0.2) is 64.5 Å². The minimum atomic E-state index is -3.62. The summed E-state index contributed by atoms with van der Waals surface area (Å²) in [6.45, 7) is 7.85. The summed E-state index contributed by atoms with van der Waals surface area (Å²) in [6, 6.07) is 17.1. The van der Waals surface area contributed by atoms with Crippen molar-refractivity contribution in [1.82, 2.24) is 15.4 Å². The fourth-order valence-corrected chi connectivity index (χ4v) is 4.43. The minimum absolute atomic E-state index is 0. The van der Waals surface area contributed by atoms with Gasteiger partial charge in [-0.3, -0.25) is 4.99 Å². The predicted molar refractivity (Wildman–Crippen MR) is 130 cm³/mol. The van der Waals surface area contributed by atoms with Gasteiger partial charge < -0.3 is 10.6 Å². The average Bonchev–Trinajstić information content (AvgIpc) is 2.64. The highest BCUT2D eigenvalue weighted by atomic mass is 127. The van der Waals surface area contributed by atoms with Gasteiger partial charge in [0.05, 0.1) is 10.9 Å². The summed E-state index contributed by atoms with van der Waals surface area (Å²) < 4.78 is 28.2. The summed E-state index contributed by atoms with van der Waals surface area (Å²) in [5, 5.41) is 6.53. The van der Waals surface area contributed by atoms with Crippen LogP contribution in [0.2, 0.25) is 0 Å². The van der Waals surface area contributed by atoms with E-state index >= 15 is 0 Å². The molecular weight excluding hydrogens is 499 g/mol. The van der Waals surface area contributed by atoms with Gasteiger partial charge in [-0.05, 0) is 44.9 Å². The molecule has 1 atom stereocenters. The number of halogens is 1. The van der Waals surface area contributed by atoms with Gasteiger partial charge in [-0.2, -0.15) is 0 Å². The summed E-state index contributed by atoms with van der Waals surface area (Å²) in [5.41, 5.74) is 1.26. The maximum Gasteiger partial charge on any atom is 0.241 e. The van der Waals surface area contributed by atoms with Crippen LogP contribution in [-0.2, 0) is 16.6 Å². The predicted octanol–water partition coefficient (Wildman–Crippen LogP) is 3.81. The van der Waals surface area contributed by atoms with Gasteiger partial charge in [-0.1, -0.05) is 48.5 Å². The first-order valence-electron chi connectivity index (χ1n) is 9.26. The largest absolute Gasteiger partial charge is 0.352 e. The highest BCUT2D eigenvalue weighted by Gasteiger charge is 2.24. The zero-order chi connectivity index (χ0) is 20.8. The molecule has 0 fully saturated rings. The first-order chi connectivity index (χ1) is 13.1.